The highest BCUT2D eigenvalue weighted by Gasteiger charge is 2.54. The van der Waals surface area contributed by atoms with E-state index in [9.17, 15) is 9.59 Å². The number of ketones is 2. The number of rotatable bonds is 5. The summed E-state index contributed by atoms with van der Waals surface area (Å²) in [6.45, 7) is 12.1. The normalized spacial score (nSPS) is 36.4. The van der Waals surface area contributed by atoms with Crippen LogP contribution in [-0.2, 0) is 23.8 Å². The molecular weight excluding hydrogens is 380 g/mol. The molecule has 4 rings (SSSR count). The molecule has 5 heteroatoms. The fraction of sp³-hybridized carbons (Fsp3) is 0.840. The number of fused-ring (bicyclic) bond motifs is 3. The van der Waals surface area contributed by atoms with Crippen LogP contribution < -0.4 is 0 Å². The molecule has 0 amide bonds. The van der Waals surface area contributed by atoms with Gasteiger partial charge in [0.2, 0.25) is 0 Å². The number of ether oxygens (including phenoxy) is 3. The van der Waals surface area contributed by atoms with Gasteiger partial charge in [-0.3, -0.25) is 9.59 Å². The molecule has 1 heterocycles. The maximum absolute atomic E-state index is 13.1. The van der Waals surface area contributed by atoms with E-state index >= 15 is 0 Å². The highest BCUT2D eigenvalue weighted by Crippen LogP contribution is 2.57. The van der Waals surface area contributed by atoms with Crippen molar-refractivity contribution < 1.29 is 23.8 Å². The number of carbonyl (C=O) groups excluding carboxylic acids is 2. The fourth-order valence-electron chi connectivity index (χ4n) is 6.23. The minimum atomic E-state index is -0.848. The Bertz CT molecular complexity index is 741. The SMILES string of the molecule is CCOC(CC1=C2CC[C@@]3(C)C(=O)CC[C@@H]3[C@H]2CCC1=O)C1(C)OCC(C)(C)CO1. The van der Waals surface area contributed by atoms with Crippen LogP contribution in [0.2, 0.25) is 0 Å². The van der Waals surface area contributed by atoms with E-state index in [1.807, 2.05) is 13.8 Å². The predicted octanol–water partition coefficient (Wildman–Crippen LogP) is 4.63. The van der Waals surface area contributed by atoms with Gasteiger partial charge in [0.05, 0.1) is 13.2 Å². The standard InChI is InChI=1S/C25H38O5/c1-6-28-22(25(5)29-14-23(2,3)15-30-25)13-18-16-11-12-24(4)19(8-10-21(24)27)17(16)7-9-20(18)26/h17,19,22H,6-15H2,1-5H3/t17-,19+,22?,24+/m0/s1. The second kappa shape index (κ2) is 7.83. The van der Waals surface area contributed by atoms with E-state index in [1.165, 1.54) is 5.57 Å². The molecule has 0 aromatic heterocycles. The second-order valence-electron chi connectivity index (χ2n) is 11.0. The Balaban J connectivity index is 1.61. The molecule has 2 saturated carbocycles. The summed E-state index contributed by atoms with van der Waals surface area (Å²) >= 11 is 0. The zero-order valence-corrected chi connectivity index (χ0v) is 19.3. The van der Waals surface area contributed by atoms with Crippen LogP contribution in [0.1, 0.15) is 79.6 Å². The molecule has 4 aliphatic rings. The number of Topliss-reactive ketones (excluding diaryl/α,β-unsaturated/α-hetero) is 2. The first kappa shape index (κ1) is 22.2. The lowest BCUT2D eigenvalue weighted by Gasteiger charge is -2.47. The Kier molecular flexibility index (Phi) is 5.78. The van der Waals surface area contributed by atoms with Crippen LogP contribution in [0.15, 0.2) is 11.1 Å². The number of hydrogen-bond donors (Lipinski definition) is 0. The van der Waals surface area contributed by atoms with Crippen LogP contribution in [0, 0.1) is 22.7 Å². The average Bonchev–Trinajstić information content (AvgIpc) is 3.01. The minimum Gasteiger partial charge on any atom is -0.373 e. The summed E-state index contributed by atoms with van der Waals surface area (Å²) in [5.74, 6) is 0.583. The summed E-state index contributed by atoms with van der Waals surface area (Å²) in [6, 6.07) is 0. The Morgan fingerprint density at radius 3 is 2.40 bits per heavy atom. The number of allylic oxidation sites excluding steroid dienone is 1. The van der Waals surface area contributed by atoms with Crippen LogP contribution in [0.5, 0.6) is 0 Å². The van der Waals surface area contributed by atoms with Crippen molar-refractivity contribution >= 4 is 11.6 Å². The largest absolute Gasteiger partial charge is 0.373 e. The van der Waals surface area contributed by atoms with E-state index in [0.29, 0.717) is 56.7 Å². The van der Waals surface area contributed by atoms with Crippen molar-refractivity contribution in [3.63, 3.8) is 0 Å². The first-order valence-corrected chi connectivity index (χ1v) is 11.8. The Morgan fingerprint density at radius 2 is 1.73 bits per heavy atom. The van der Waals surface area contributed by atoms with Gasteiger partial charge in [0, 0.05) is 36.7 Å². The van der Waals surface area contributed by atoms with Gasteiger partial charge in [0.15, 0.2) is 11.6 Å². The maximum atomic E-state index is 13.1. The lowest BCUT2D eigenvalue weighted by Crippen LogP contribution is -2.54. The average molecular weight is 419 g/mol. The molecule has 0 aromatic carbocycles. The van der Waals surface area contributed by atoms with E-state index in [0.717, 1.165) is 31.3 Å². The van der Waals surface area contributed by atoms with Crippen molar-refractivity contribution in [3.8, 4) is 0 Å². The van der Waals surface area contributed by atoms with Crippen LogP contribution in [0.3, 0.4) is 0 Å². The lowest BCUT2D eigenvalue weighted by atomic mass is 9.58. The summed E-state index contributed by atoms with van der Waals surface area (Å²) in [6.07, 6.45) is 5.09. The predicted molar refractivity (Wildman–Crippen MR) is 114 cm³/mol. The van der Waals surface area contributed by atoms with Crippen molar-refractivity contribution in [2.75, 3.05) is 19.8 Å². The van der Waals surface area contributed by atoms with Crippen LogP contribution in [0.4, 0.5) is 0 Å². The van der Waals surface area contributed by atoms with Crippen molar-refractivity contribution in [1.82, 2.24) is 0 Å². The van der Waals surface area contributed by atoms with Crippen molar-refractivity contribution in [1.29, 1.82) is 0 Å². The van der Waals surface area contributed by atoms with Crippen molar-refractivity contribution in [2.24, 2.45) is 22.7 Å². The van der Waals surface area contributed by atoms with Gasteiger partial charge < -0.3 is 14.2 Å². The molecule has 0 spiro atoms. The molecule has 1 unspecified atom stereocenters. The molecule has 30 heavy (non-hydrogen) atoms. The summed E-state index contributed by atoms with van der Waals surface area (Å²) in [5, 5.41) is 0. The van der Waals surface area contributed by atoms with Crippen LogP contribution in [-0.4, -0.2) is 43.3 Å². The maximum Gasteiger partial charge on any atom is 0.192 e. The molecule has 0 bridgehead atoms. The summed E-state index contributed by atoms with van der Waals surface area (Å²) < 4.78 is 18.5. The zero-order valence-electron chi connectivity index (χ0n) is 19.3. The summed E-state index contributed by atoms with van der Waals surface area (Å²) in [4.78, 5) is 25.6. The third-order valence-electron chi connectivity index (χ3n) is 8.23. The lowest BCUT2D eigenvalue weighted by molar-refractivity contribution is -0.329. The third kappa shape index (κ3) is 3.71. The van der Waals surface area contributed by atoms with E-state index in [2.05, 4.69) is 20.8 Å². The van der Waals surface area contributed by atoms with E-state index in [4.69, 9.17) is 14.2 Å². The van der Waals surface area contributed by atoms with E-state index < -0.39 is 5.79 Å². The summed E-state index contributed by atoms with van der Waals surface area (Å²) in [5.41, 5.74) is 2.02. The zero-order chi connectivity index (χ0) is 21.7. The van der Waals surface area contributed by atoms with E-state index in [-0.39, 0.29) is 22.7 Å². The van der Waals surface area contributed by atoms with Gasteiger partial charge >= 0.3 is 0 Å². The van der Waals surface area contributed by atoms with E-state index in [1.54, 1.807) is 0 Å². The highest BCUT2D eigenvalue weighted by molar-refractivity contribution is 5.97. The Hall–Kier alpha value is -1.04. The van der Waals surface area contributed by atoms with Crippen LogP contribution >= 0.6 is 0 Å². The van der Waals surface area contributed by atoms with Crippen molar-refractivity contribution in [2.45, 2.75) is 91.5 Å². The van der Waals surface area contributed by atoms with Gasteiger partial charge in [-0.1, -0.05) is 26.3 Å². The first-order chi connectivity index (χ1) is 14.1. The molecule has 3 fully saturated rings. The second-order valence-corrected chi connectivity index (χ2v) is 11.0. The molecular formula is C25H38O5. The number of hydrogen-bond acceptors (Lipinski definition) is 5. The van der Waals surface area contributed by atoms with Gasteiger partial charge in [-0.2, -0.15) is 0 Å². The molecule has 1 saturated heterocycles. The number of carbonyl (C=O) groups is 2. The van der Waals surface area contributed by atoms with Gasteiger partial charge in [0.1, 0.15) is 11.9 Å². The van der Waals surface area contributed by atoms with Gasteiger partial charge in [-0.25, -0.2) is 0 Å². The first-order valence-electron chi connectivity index (χ1n) is 11.8. The van der Waals surface area contributed by atoms with Gasteiger partial charge in [-0.05, 0) is 56.9 Å². The molecule has 0 radical (unpaired) electrons. The summed E-state index contributed by atoms with van der Waals surface area (Å²) in [7, 11) is 0. The third-order valence-corrected chi connectivity index (χ3v) is 8.23. The molecule has 1 aliphatic heterocycles. The van der Waals surface area contributed by atoms with Gasteiger partial charge in [-0.15, -0.1) is 0 Å². The molecule has 3 aliphatic carbocycles. The monoisotopic (exact) mass is 418 g/mol. The minimum absolute atomic E-state index is 0.0211. The molecule has 0 aromatic rings. The molecule has 0 N–H and O–H groups in total. The highest BCUT2D eigenvalue weighted by atomic mass is 16.7. The topological polar surface area (TPSA) is 61.8 Å². The van der Waals surface area contributed by atoms with Crippen molar-refractivity contribution in [3.05, 3.63) is 11.1 Å². The van der Waals surface area contributed by atoms with Crippen LogP contribution in [0.25, 0.3) is 0 Å². The Morgan fingerprint density at radius 1 is 1.03 bits per heavy atom. The smallest absolute Gasteiger partial charge is 0.192 e. The quantitative estimate of drug-likeness (QED) is 0.652. The molecule has 5 nitrogen and oxygen atoms in total. The molecule has 168 valence electrons. The Labute approximate surface area is 180 Å². The van der Waals surface area contributed by atoms with Gasteiger partial charge in [0.25, 0.3) is 0 Å². The fourth-order valence-corrected chi connectivity index (χ4v) is 6.23. The molecule has 4 atom stereocenters.